The molecule has 0 spiro atoms. The molecular weight excluding hydrogens is 412 g/mol. The van der Waals surface area contributed by atoms with Crippen molar-refractivity contribution in [1.29, 1.82) is 0 Å². The molecule has 11 heteroatoms. The van der Waals surface area contributed by atoms with E-state index in [1.165, 1.54) is 11.2 Å². The molecule has 3 atom stereocenters. The van der Waals surface area contributed by atoms with Crippen LogP contribution in [0.25, 0.3) is 0 Å². The Balaban J connectivity index is 1.83. The molecule has 3 heterocycles. The fourth-order valence-corrected chi connectivity index (χ4v) is 5.29. The Morgan fingerprint density at radius 3 is 2.53 bits per heavy atom. The fourth-order valence-electron chi connectivity index (χ4n) is 4.49. The summed E-state index contributed by atoms with van der Waals surface area (Å²) < 4.78 is 31.6. The van der Waals surface area contributed by atoms with Crippen molar-refractivity contribution in [3.8, 4) is 0 Å². The highest BCUT2D eigenvalue weighted by Crippen LogP contribution is 2.31. The molecule has 2 aliphatic rings. The summed E-state index contributed by atoms with van der Waals surface area (Å²) in [6, 6.07) is -1.49. The number of carboxylic acid groups (broad SMARTS) is 1. The molecule has 0 unspecified atom stereocenters. The van der Waals surface area contributed by atoms with Crippen LogP contribution in [0, 0.1) is 11.8 Å². The maximum absolute atomic E-state index is 13.2. The van der Waals surface area contributed by atoms with E-state index in [0.29, 0.717) is 18.9 Å². The fraction of sp³-hybridized carbons (Fsp3) is 0.737. The average molecular weight is 443 g/mol. The molecular formula is C19H30N4O6S. The smallest absolute Gasteiger partial charge is 0.308 e. The molecule has 1 amide bonds. The first-order valence-corrected chi connectivity index (χ1v) is 12.1. The minimum absolute atomic E-state index is 0.113. The minimum Gasteiger partial charge on any atom is -0.481 e. The second-order valence-corrected chi connectivity index (χ2v) is 10.3. The predicted molar refractivity (Wildman–Crippen MR) is 108 cm³/mol. The number of aromatic nitrogens is 1. The van der Waals surface area contributed by atoms with Gasteiger partial charge in [-0.25, -0.2) is 18.1 Å². The van der Waals surface area contributed by atoms with E-state index in [9.17, 15) is 23.1 Å². The predicted octanol–water partition coefficient (Wildman–Crippen LogP) is 0.760. The maximum atomic E-state index is 13.2. The van der Waals surface area contributed by atoms with E-state index in [1.54, 1.807) is 13.8 Å². The van der Waals surface area contributed by atoms with E-state index in [0.717, 1.165) is 32.2 Å². The average Bonchev–Trinajstić information content (AvgIpc) is 3.36. The lowest BCUT2D eigenvalue weighted by atomic mass is 9.85. The number of rotatable bonds is 8. The van der Waals surface area contributed by atoms with E-state index >= 15 is 0 Å². The Morgan fingerprint density at radius 1 is 1.30 bits per heavy atom. The second kappa shape index (κ2) is 9.03. The van der Waals surface area contributed by atoms with Crippen LogP contribution in [-0.4, -0.2) is 78.2 Å². The lowest BCUT2D eigenvalue weighted by Crippen LogP contribution is -2.53. The maximum Gasteiger partial charge on any atom is 0.308 e. The van der Waals surface area contributed by atoms with Crippen LogP contribution < -0.4 is 4.72 Å². The number of hydrogen-bond acceptors (Lipinski definition) is 7. The van der Waals surface area contributed by atoms with E-state index in [4.69, 9.17) is 4.42 Å². The van der Waals surface area contributed by atoms with E-state index in [1.807, 2.05) is 0 Å². The van der Waals surface area contributed by atoms with Crippen LogP contribution in [-0.2, 0) is 21.4 Å². The Labute approximate surface area is 176 Å². The molecule has 2 N–H and O–H groups in total. The zero-order chi connectivity index (χ0) is 22.1. The normalized spacial score (nSPS) is 23.9. The largest absolute Gasteiger partial charge is 0.481 e. The van der Waals surface area contributed by atoms with Gasteiger partial charge in [-0.1, -0.05) is 13.8 Å². The molecule has 1 aromatic heterocycles. The summed E-state index contributed by atoms with van der Waals surface area (Å²) in [5, 5.41) is 9.80. The van der Waals surface area contributed by atoms with Crippen LogP contribution in [0.4, 0.5) is 0 Å². The van der Waals surface area contributed by atoms with Crippen molar-refractivity contribution in [3.05, 3.63) is 17.8 Å². The van der Waals surface area contributed by atoms with Gasteiger partial charge in [0.25, 0.3) is 5.91 Å². The van der Waals surface area contributed by atoms with Crippen LogP contribution in [0.15, 0.2) is 10.7 Å². The lowest BCUT2D eigenvalue weighted by molar-refractivity contribution is -0.145. The Hall–Kier alpha value is -1.98. The minimum atomic E-state index is -3.57. The summed E-state index contributed by atoms with van der Waals surface area (Å²) >= 11 is 0. The van der Waals surface area contributed by atoms with Crippen LogP contribution in [0.2, 0.25) is 0 Å². The second-order valence-electron chi connectivity index (χ2n) is 8.49. The summed E-state index contributed by atoms with van der Waals surface area (Å²) in [6.45, 7) is 6.20. The van der Waals surface area contributed by atoms with E-state index in [-0.39, 0.29) is 18.2 Å². The molecule has 30 heavy (non-hydrogen) atoms. The summed E-state index contributed by atoms with van der Waals surface area (Å²) in [6.07, 6.45) is 4.92. The molecule has 168 valence electrons. The molecule has 2 fully saturated rings. The third-order valence-corrected chi connectivity index (χ3v) is 6.51. The van der Waals surface area contributed by atoms with Crippen molar-refractivity contribution >= 4 is 21.9 Å². The Kier molecular flexibility index (Phi) is 6.83. The van der Waals surface area contributed by atoms with Crippen molar-refractivity contribution < 1.29 is 27.5 Å². The first-order chi connectivity index (χ1) is 14.1. The van der Waals surface area contributed by atoms with Gasteiger partial charge in [0.05, 0.1) is 24.8 Å². The van der Waals surface area contributed by atoms with Crippen LogP contribution in [0.1, 0.15) is 49.5 Å². The Bertz CT molecular complexity index is 877. The molecule has 0 radical (unpaired) electrons. The molecule has 3 rings (SSSR count). The molecule has 1 aromatic rings. The van der Waals surface area contributed by atoms with Gasteiger partial charge in [0.15, 0.2) is 5.69 Å². The lowest BCUT2D eigenvalue weighted by Gasteiger charge is -2.34. The van der Waals surface area contributed by atoms with Gasteiger partial charge in [-0.2, -0.15) is 0 Å². The number of nitrogens with one attached hydrogen (secondary N) is 1. The number of hydrogen-bond donors (Lipinski definition) is 2. The van der Waals surface area contributed by atoms with Gasteiger partial charge in [-0.3, -0.25) is 14.5 Å². The first kappa shape index (κ1) is 22.7. The number of carboxylic acids is 1. The highest BCUT2D eigenvalue weighted by molar-refractivity contribution is 7.88. The van der Waals surface area contributed by atoms with Crippen LogP contribution >= 0.6 is 0 Å². The highest BCUT2D eigenvalue weighted by atomic mass is 32.2. The molecule has 0 aromatic carbocycles. The van der Waals surface area contributed by atoms with Gasteiger partial charge in [-0.05, 0) is 38.3 Å². The van der Waals surface area contributed by atoms with E-state index < -0.39 is 39.9 Å². The van der Waals surface area contributed by atoms with E-state index in [2.05, 4.69) is 14.6 Å². The summed E-state index contributed by atoms with van der Waals surface area (Å²) in [4.78, 5) is 33.1. The monoisotopic (exact) mass is 442 g/mol. The van der Waals surface area contributed by atoms with Crippen molar-refractivity contribution in [2.24, 2.45) is 11.8 Å². The van der Waals surface area contributed by atoms with Gasteiger partial charge in [0, 0.05) is 12.6 Å². The molecule has 2 saturated heterocycles. The molecule has 10 nitrogen and oxygen atoms in total. The summed E-state index contributed by atoms with van der Waals surface area (Å²) in [5.74, 6) is -2.29. The quantitative estimate of drug-likeness (QED) is 0.603. The zero-order valence-corrected chi connectivity index (χ0v) is 18.4. The third kappa shape index (κ3) is 5.19. The van der Waals surface area contributed by atoms with Crippen LogP contribution in [0.3, 0.4) is 0 Å². The SMILES string of the molecule is CC(C)[C@H](C(=O)O)[C@H]1[C@H](NS(C)(=O)=O)CCN1C(=O)c1coc(CN2CCCC2)n1. The van der Waals surface area contributed by atoms with Gasteiger partial charge in [-0.15, -0.1) is 0 Å². The number of carbonyl (C=O) groups excluding carboxylic acids is 1. The molecule has 0 saturated carbocycles. The summed E-state index contributed by atoms with van der Waals surface area (Å²) in [7, 11) is -3.57. The van der Waals surface area contributed by atoms with Crippen molar-refractivity contribution in [2.45, 2.75) is 51.7 Å². The topological polar surface area (TPSA) is 133 Å². The number of carbonyl (C=O) groups is 2. The van der Waals surface area contributed by atoms with Gasteiger partial charge >= 0.3 is 5.97 Å². The van der Waals surface area contributed by atoms with Gasteiger partial charge < -0.3 is 14.4 Å². The third-order valence-electron chi connectivity index (χ3n) is 5.78. The summed E-state index contributed by atoms with van der Waals surface area (Å²) in [5.41, 5.74) is 0.113. The number of nitrogens with zero attached hydrogens (tertiary/aromatic N) is 3. The molecule has 0 aliphatic carbocycles. The Morgan fingerprint density at radius 2 is 1.97 bits per heavy atom. The van der Waals surface area contributed by atoms with Gasteiger partial charge in [0.2, 0.25) is 15.9 Å². The first-order valence-electron chi connectivity index (χ1n) is 10.2. The standard InChI is InChI=1S/C19H30N4O6S/c1-12(2)16(19(25)26)17-13(21-30(3,27)28)6-9-23(17)18(24)14-11-29-15(20-14)10-22-7-4-5-8-22/h11-13,16-17,21H,4-10H2,1-3H3,(H,25,26)/t13-,16+,17-/m1/s1. The number of amides is 1. The van der Waals surface area contributed by atoms with Crippen molar-refractivity contribution in [1.82, 2.24) is 19.5 Å². The number of likely N-dealkylation sites (tertiary alicyclic amines) is 2. The number of oxazole rings is 1. The number of sulfonamides is 1. The number of aliphatic carboxylic acids is 1. The van der Waals surface area contributed by atoms with Gasteiger partial charge in [0.1, 0.15) is 6.26 Å². The van der Waals surface area contributed by atoms with Crippen LogP contribution in [0.5, 0.6) is 0 Å². The molecule has 0 bridgehead atoms. The molecule has 2 aliphatic heterocycles. The van der Waals surface area contributed by atoms with Crippen molar-refractivity contribution in [2.75, 3.05) is 25.9 Å². The highest BCUT2D eigenvalue weighted by Gasteiger charge is 2.47. The van der Waals surface area contributed by atoms with Crippen molar-refractivity contribution in [3.63, 3.8) is 0 Å². The zero-order valence-electron chi connectivity index (χ0n) is 17.6.